The predicted molar refractivity (Wildman–Crippen MR) is 78.4 cm³/mol. The lowest BCUT2D eigenvalue weighted by atomic mass is 9.79. The van der Waals surface area contributed by atoms with Crippen LogP contribution >= 0.6 is 0 Å². The fourth-order valence-electron chi connectivity index (χ4n) is 2.30. The summed E-state index contributed by atoms with van der Waals surface area (Å²) in [4.78, 5) is 0. The van der Waals surface area contributed by atoms with Crippen LogP contribution < -0.4 is 0 Å². The summed E-state index contributed by atoms with van der Waals surface area (Å²) < 4.78 is 29.7. The van der Waals surface area contributed by atoms with Crippen molar-refractivity contribution in [1.82, 2.24) is 0 Å². The summed E-state index contributed by atoms with van der Waals surface area (Å²) >= 11 is 0. The van der Waals surface area contributed by atoms with Gasteiger partial charge in [0.05, 0.1) is 7.11 Å². The molecule has 1 fully saturated rings. The maximum atomic E-state index is 9.33. The van der Waals surface area contributed by atoms with Gasteiger partial charge in [-0.25, -0.2) is 0 Å². The summed E-state index contributed by atoms with van der Waals surface area (Å²) in [5.41, 5.74) is 0. The van der Waals surface area contributed by atoms with Crippen LogP contribution in [0.4, 0.5) is 0 Å². The zero-order valence-corrected chi connectivity index (χ0v) is 13.4. The molecule has 1 N–H and O–H groups in total. The Labute approximate surface area is 118 Å². The fourth-order valence-corrected chi connectivity index (χ4v) is 2.30. The van der Waals surface area contributed by atoms with Crippen LogP contribution in [0, 0.1) is 11.8 Å². The highest BCUT2D eigenvalue weighted by molar-refractivity contribution is 7.80. The zero-order valence-electron chi connectivity index (χ0n) is 12.6. The first-order valence-corrected chi connectivity index (χ1v) is 8.82. The van der Waals surface area contributed by atoms with Gasteiger partial charge in [0, 0.05) is 0 Å². The number of hydrogen-bond acceptors (Lipinski definition) is 3. The lowest BCUT2D eigenvalue weighted by molar-refractivity contribution is 0.261. The maximum absolute atomic E-state index is 9.33. The molecule has 1 rings (SSSR count). The first-order chi connectivity index (χ1) is 8.92. The van der Waals surface area contributed by atoms with Crippen molar-refractivity contribution in [3.63, 3.8) is 0 Å². The first-order valence-electron chi connectivity index (χ1n) is 7.45. The molecule has 0 aromatic carbocycles. The average Bonchev–Trinajstić information content (AvgIpc) is 2.31. The van der Waals surface area contributed by atoms with E-state index in [0.29, 0.717) is 0 Å². The van der Waals surface area contributed by atoms with Gasteiger partial charge in [0.25, 0.3) is 0 Å². The SMILES string of the molecule is CCCCC(CC)CCC1CCC1.COS(=O)(=O)O. The number of unbranched alkanes of at least 4 members (excludes halogenated alkanes) is 1. The van der Waals surface area contributed by atoms with Gasteiger partial charge in [-0.15, -0.1) is 0 Å². The topological polar surface area (TPSA) is 63.6 Å². The van der Waals surface area contributed by atoms with Crippen LogP contribution in [0.5, 0.6) is 0 Å². The van der Waals surface area contributed by atoms with E-state index >= 15 is 0 Å². The lowest BCUT2D eigenvalue weighted by Crippen LogP contribution is -2.12. The van der Waals surface area contributed by atoms with Gasteiger partial charge >= 0.3 is 10.4 Å². The molecule has 1 aliphatic carbocycles. The van der Waals surface area contributed by atoms with Gasteiger partial charge in [-0.2, -0.15) is 8.42 Å². The third kappa shape index (κ3) is 11.4. The Morgan fingerprint density at radius 2 is 1.84 bits per heavy atom. The van der Waals surface area contributed by atoms with E-state index in [4.69, 9.17) is 4.55 Å². The third-order valence-corrected chi connectivity index (χ3v) is 4.38. The van der Waals surface area contributed by atoms with Crippen molar-refractivity contribution in [2.75, 3.05) is 7.11 Å². The third-order valence-electron chi connectivity index (χ3n) is 3.96. The lowest BCUT2D eigenvalue weighted by Gasteiger charge is -2.27. The summed E-state index contributed by atoms with van der Waals surface area (Å²) in [5, 5.41) is 0. The molecule has 0 spiro atoms. The van der Waals surface area contributed by atoms with Crippen LogP contribution in [-0.4, -0.2) is 20.1 Å². The van der Waals surface area contributed by atoms with Gasteiger partial charge in [-0.1, -0.05) is 71.6 Å². The molecule has 4 nitrogen and oxygen atoms in total. The van der Waals surface area contributed by atoms with Crippen LogP contribution in [0.3, 0.4) is 0 Å². The molecule has 1 unspecified atom stereocenters. The minimum atomic E-state index is -4.16. The Balaban J connectivity index is 0.000000459. The van der Waals surface area contributed by atoms with Crippen LogP contribution in [0.25, 0.3) is 0 Å². The van der Waals surface area contributed by atoms with E-state index in [9.17, 15) is 8.42 Å². The molecule has 0 heterocycles. The van der Waals surface area contributed by atoms with Crippen molar-refractivity contribution in [3.8, 4) is 0 Å². The summed E-state index contributed by atoms with van der Waals surface area (Å²) in [6.45, 7) is 4.67. The molecule has 0 aromatic heterocycles. The minimum Gasteiger partial charge on any atom is -0.264 e. The molecular formula is C14H30O4S. The standard InChI is InChI=1S/C13H26.CH4O4S/c1-3-5-7-12(4-2)10-11-13-8-6-9-13;1-5-6(2,3)4/h12-13H,3-11H2,1-2H3;1H3,(H,2,3,4). The highest BCUT2D eigenvalue weighted by Gasteiger charge is 2.18. The van der Waals surface area contributed by atoms with Gasteiger partial charge in [-0.3, -0.25) is 8.74 Å². The Morgan fingerprint density at radius 3 is 2.16 bits per heavy atom. The molecule has 0 saturated heterocycles. The molecule has 19 heavy (non-hydrogen) atoms. The van der Waals surface area contributed by atoms with Gasteiger partial charge in [-0.05, 0) is 11.8 Å². The Bertz CT molecular complexity index is 297. The maximum Gasteiger partial charge on any atom is 0.397 e. The van der Waals surface area contributed by atoms with Gasteiger partial charge in [0.2, 0.25) is 0 Å². The Kier molecular flexibility index (Phi) is 10.6. The van der Waals surface area contributed by atoms with Crippen LogP contribution in [0.2, 0.25) is 0 Å². The summed E-state index contributed by atoms with van der Waals surface area (Å²) in [6, 6.07) is 0. The molecule has 0 radical (unpaired) electrons. The van der Waals surface area contributed by atoms with Crippen molar-refractivity contribution >= 4 is 10.4 Å². The van der Waals surface area contributed by atoms with E-state index in [0.717, 1.165) is 18.9 Å². The second-order valence-electron chi connectivity index (χ2n) is 5.39. The molecule has 5 heteroatoms. The molecule has 116 valence electrons. The molecule has 0 aromatic rings. The zero-order chi connectivity index (χ0) is 14.7. The van der Waals surface area contributed by atoms with E-state index in [2.05, 4.69) is 18.0 Å². The van der Waals surface area contributed by atoms with Gasteiger partial charge < -0.3 is 0 Å². The highest BCUT2D eigenvalue weighted by atomic mass is 32.3. The van der Waals surface area contributed by atoms with E-state index in [1.165, 1.54) is 57.8 Å². The van der Waals surface area contributed by atoms with E-state index < -0.39 is 10.4 Å². The van der Waals surface area contributed by atoms with Crippen LogP contribution in [0.1, 0.15) is 71.6 Å². The summed E-state index contributed by atoms with van der Waals surface area (Å²) in [7, 11) is -3.29. The monoisotopic (exact) mass is 294 g/mol. The van der Waals surface area contributed by atoms with Crippen molar-refractivity contribution in [2.24, 2.45) is 11.8 Å². The Morgan fingerprint density at radius 1 is 1.26 bits per heavy atom. The van der Waals surface area contributed by atoms with Crippen molar-refractivity contribution in [3.05, 3.63) is 0 Å². The van der Waals surface area contributed by atoms with E-state index in [1.807, 2.05) is 0 Å². The van der Waals surface area contributed by atoms with Crippen molar-refractivity contribution < 1.29 is 17.2 Å². The smallest absolute Gasteiger partial charge is 0.264 e. The molecule has 1 saturated carbocycles. The Hall–Kier alpha value is -0.130. The molecule has 1 aliphatic rings. The highest BCUT2D eigenvalue weighted by Crippen LogP contribution is 2.33. The van der Waals surface area contributed by atoms with Crippen molar-refractivity contribution in [2.45, 2.75) is 71.6 Å². The second kappa shape index (κ2) is 10.6. The second-order valence-corrected chi connectivity index (χ2v) is 6.57. The summed E-state index contributed by atoms with van der Waals surface area (Å²) in [5.74, 6) is 2.16. The van der Waals surface area contributed by atoms with Crippen molar-refractivity contribution in [1.29, 1.82) is 0 Å². The first kappa shape index (κ1) is 18.9. The quantitative estimate of drug-likeness (QED) is 0.681. The van der Waals surface area contributed by atoms with Gasteiger partial charge in [0.1, 0.15) is 0 Å². The molecule has 0 bridgehead atoms. The van der Waals surface area contributed by atoms with E-state index in [-0.39, 0.29) is 0 Å². The van der Waals surface area contributed by atoms with Crippen LogP contribution in [0.15, 0.2) is 0 Å². The average molecular weight is 294 g/mol. The minimum absolute atomic E-state index is 0.870. The summed E-state index contributed by atoms with van der Waals surface area (Å²) in [6.07, 6.45) is 13.3. The largest absolute Gasteiger partial charge is 0.397 e. The predicted octanol–water partition coefficient (Wildman–Crippen LogP) is 4.22. The van der Waals surface area contributed by atoms with Gasteiger partial charge in [0.15, 0.2) is 0 Å². The van der Waals surface area contributed by atoms with E-state index in [1.54, 1.807) is 0 Å². The fraction of sp³-hybridized carbons (Fsp3) is 1.00. The molecule has 1 atom stereocenters. The normalized spacial score (nSPS) is 17.3. The molecular weight excluding hydrogens is 264 g/mol. The number of rotatable bonds is 8. The number of hydrogen-bond donors (Lipinski definition) is 1. The molecule has 0 amide bonds. The van der Waals surface area contributed by atoms with Crippen LogP contribution in [-0.2, 0) is 14.6 Å². The molecule has 0 aliphatic heterocycles.